The molecule has 10 nitrogen and oxygen atoms in total. The van der Waals surface area contributed by atoms with Gasteiger partial charge < -0.3 is 9.84 Å². The molecule has 1 unspecified atom stereocenters. The van der Waals surface area contributed by atoms with Crippen molar-refractivity contribution in [3.63, 3.8) is 0 Å². The molecular formula is C17H15F4N3O7S2. The van der Waals surface area contributed by atoms with Crippen molar-refractivity contribution >= 4 is 37.5 Å². The molecule has 2 aromatic carbocycles. The van der Waals surface area contributed by atoms with E-state index in [1.807, 2.05) is 5.32 Å². The number of sulfonamides is 2. The standard InChI is InChI=1S/C17H15F4N3O7S2/c18-10-1-4-13(5-2-10)32(27,28)24-9-12(8-22-33(29,30)17(19,20)21)31-15-6-3-11(7-14(15)24)23-16(25)26/h1-7,12,22-23H,8-9H2,(H,25,26). The zero-order chi connectivity index (χ0) is 24.6. The largest absolute Gasteiger partial charge is 0.511 e. The molecule has 3 N–H and O–H groups in total. The van der Waals surface area contributed by atoms with Gasteiger partial charge in [0.1, 0.15) is 17.7 Å². The lowest BCUT2D eigenvalue weighted by Gasteiger charge is -2.35. The Kier molecular flexibility index (Phi) is 6.45. The Morgan fingerprint density at radius 3 is 2.33 bits per heavy atom. The molecule has 0 saturated heterocycles. The number of hydrogen-bond acceptors (Lipinski definition) is 6. The van der Waals surface area contributed by atoms with Crippen molar-refractivity contribution in [1.82, 2.24) is 4.72 Å². The lowest BCUT2D eigenvalue weighted by Crippen LogP contribution is -2.50. The second-order valence-corrected chi connectivity index (χ2v) is 10.3. The van der Waals surface area contributed by atoms with Crippen LogP contribution in [0.2, 0.25) is 0 Å². The first-order valence-corrected chi connectivity index (χ1v) is 11.8. The Morgan fingerprint density at radius 2 is 1.76 bits per heavy atom. The Bertz CT molecular complexity index is 1270. The van der Waals surface area contributed by atoms with Gasteiger partial charge in [-0.2, -0.15) is 13.2 Å². The summed E-state index contributed by atoms with van der Waals surface area (Å²) >= 11 is 0. The molecule has 33 heavy (non-hydrogen) atoms. The van der Waals surface area contributed by atoms with Gasteiger partial charge in [0.05, 0.1) is 17.1 Å². The summed E-state index contributed by atoms with van der Waals surface area (Å²) in [5.74, 6) is -0.886. The van der Waals surface area contributed by atoms with E-state index in [0.717, 1.165) is 36.4 Å². The highest BCUT2D eigenvalue weighted by atomic mass is 32.2. The second-order valence-electron chi connectivity index (χ2n) is 6.64. The van der Waals surface area contributed by atoms with Gasteiger partial charge >= 0.3 is 21.6 Å². The van der Waals surface area contributed by atoms with Crippen molar-refractivity contribution in [2.24, 2.45) is 0 Å². The van der Waals surface area contributed by atoms with Crippen LogP contribution >= 0.6 is 0 Å². The number of fused-ring (bicyclic) bond motifs is 1. The van der Waals surface area contributed by atoms with Crippen LogP contribution in [0.25, 0.3) is 0 Å². The topological polar surface area (TPSA) is 142 Å². The number of alkyl halides is 3. The minimum atomic E-state index is -5.72. The fraction of sp³-hybridized carbons (Fsp3) is 0.235. The molecule has 1 aliphatic heterocycles. The van der Waals surface area contributed by atoms with E-state index in [1.54, 1.807) is 0 Å². The van der Waals surface area contributed by atoms with Crippen LogP contribution in [0.3, 0.4) is 0 Å². The Balaban J connectivity index is 2.00. The van der Waals surface area contributed by atoms with Gasteiger partial charge in [-0.05, 0) is 42.5 Å². The Hall–Kier alpha value is -3.11. The second kappa shape index (κ2) is 8.68. The molecule has 0 fully saturated rings. The Morgan fingerprint density at radius 1 is 1.12 bits per heavy atom. The van der Waals surface area contributed by atoms with Gasteiger partial charge in [0.25, 0.3) is 10.0 Å². The monoisotopic (exact) mass is 513 g/mol. The highest BCUT2D eigenvalue weighted by molar-refractivity contribution is 7.92. The predicted molar refractivity (Wildman–Crippen MR) is 106 cm³/mol. The summed E-state index contributed by atoms with van der Waals surface area (Å²) in [6.45, 7) is -1.56. The molecule has 0 bridgehead atoms. The molecule has 3 rings (SSSR count). The lowest BCUT2D eigenvalue weighted by atomic mass is 10.2. The molecule has 0 spiro atoms. The van der Waals surface area contributed by atoms with Crippen molar-refractivity contribution in [2.45, 2.75) is 16.5 Å². The van der Waals surface area contributed by atoms with E-state index in [2.05, 4.69) is 0 Å². The van der Waals surface area contributed by atoms with Crippen molar-refractivity contribution in [2.75, 3.05) is 22.7 Å². The molecule has 1 aliphatic rings. The van der Waals surface area contributed by atoms with Gasteiger partial charge in [-0.3, -0.25) is 9.62 Å². The maximum Gasteiger partial charge on any atom is 0.511 e. The molecule has 0 radical (unpaired) electrons. The predicted octanol–water partition coefficient (Wildman–Crippen LogP) is 2.31. The molecule has 0 aromatic heterocycles. The number of benzene rings is 2. The maximum absolute atomic E-state index is 13.3. The van der Waals surface area contributed by atoms with Crippen molar-refractivity contribution in [1.29, 1.82) is 0 Å². The zero-order valence-electron chi connectivity index (χ0n) is 16.2. The Labute approximate surface area is 184 Å². The summed E-state index contributed by atoms with van der Waals surface area (Å²) in [7, 11) is -10.2. The highest BCUT2D eigenvalue weighted by Gasteiger charge is 2.46. The molecule has 1 amide bonds. The lowest BCUT2D eigenvalue weighted by molar-refractivity contribution is -0.0449. The summed E-state index contributed by atoms with van der Waals surface area (Å²) in [5.41, 5.74) is -5.79. The number of amides is 1. The van der Waals surface area contributed by atoms with E-state index >= 15 is 0 Å². The number of nitrogens with zero attached hydrogens (tertiary/aromatic N) is 1. The van der Waals surface area contributed by atoms with Crippen LogP contribution in [0, 0.1) is 5.82 Å². The molecular weight excluding hydrogens is 498 g/mol. The normalized spacial score (nSPS) is 16.6. The average Bonchev–Trinajstić information content (AvgIpc) is 2.71. The van der Waals surface area contributed by atoms with Crippen LogP contribution in [-0.2, 0) is 20.0 Å². The molecule has 0 saturated carbocycles. The molecule has 0 aliphatic carbocycles. The van der Waals surface area contributed by atoms with Crippen molar-refractivity contribution in [3.05, 3.63) is 48.3 Å². The summed E-state index contributed by atoms with van der Waals surface area (Å²) in [5, 5.41) is 10.9. The molecule has 1 atom stereocenters. The van der Waals surface area contributed by atoms with Gasteiger partial charge in [-0.1, -0.05) is 0 Å². The fourth-order valence-electron chi connectivity index (χ4n) is 2.87. The fourth-order valence-corrected chi connectivity index (χ4v) is 4.93. The quantitative estimate of drug-likeness (QED) is 0.503. The number of anilines is 2. The first-order chi connectivity index (χ1) is 15.2. The summed E-state index contributed by atoms with van der Waals surface area (Å²) < 4.78 is 108. The van der Waals surface area contributed by atoms with Gasteiger partial charge in [0.2, 0.25) is 0 Å². The number of hydrogen-bond donors (Lipinski definition) is 3. The maximum atomic E-state index is 13.3. The van der Waals surface area contributed by atoms with E-state index in [4.69, 9.17) is 9.84 Å². The highest BCUT2D eigenvalue weighted by Crippen LogP contribution is 2.39. The number of carboxylic acid groups (broad SMARTS) is 1. The SMILES string of the molecule is O=C(O)Nc1ccc2c(c1)N(S(=O)(=O)c1ccc(F)cc1)CC(CNS(=O)(=O)C(F)(F)F)O2. The minimum absolute atomic E-state index is 0.0413. The summed E-state index contributed by atoms with van der Waals surface area (Å²) in [4.78, 5) is 10.5. The zero-order valence-corrected chi connectivity index (χ0v) is 17.8. The average molecular weight is 513 g/mol. The third kappa shape index (κ3) is 5.28. The van der Waals surface area contributed by atoms with E-state index in [-0.39, 0.29) is 22.0 Å². The van der Waals surface area contributed by atoms with Crippen molar-refractivity contribution in [3.8, 4) is 5.75 Å². The first-order valence-electron chi connectivity index (χ1n) is 8.85. The van der Waals surface area contributed by atoms with E-state index in [1.165, 1.54) is 10.8 Å². The first kappa shape index (κ1) is 24.5. The van der Waals surface area contributed by atoms with Crippen molar-refractivity contribution < 1.29 is 49.0 Å². The minimum Gasteiger partial charge on any atom is -0.485 e. The van der Waals surface area contributed by atoms with E-state index in [9.17, 15) is 39.2 Å². The van der Waals surface area contributed by atoms with Gasteiger partial charge in [0.15, 0.2) is 0 Å². The number of rotatable bonds is 6. The van der Waals surface area contributed by atoms with Crippen LogP contribution < -0.4 is 19.1 Å². The molecule has 1 heterocycles. The number of halogens is 4. The third-order valence-corrected chi connectivity index (χ3v) is 7.30. The van der Waals surface area contributed by atoms with E-state index < -0.39 is 56.7 Å². The molecule has 16 heteroatoms. The molecule has 2 aromatic rings. The smallest absolute Gasteiger partial charge is 0.485 e. The third-order valence-electron chi connectivity index (χ3n) is 4.35. The summed E-state index contributed by atoms with van der Waals surface area (Å²) in [6.07, 6.45) is -2.83. The summed E-state index contributed by atoms with van der Waals surface area (Å²) in [6, 6.07) is 7.16. The number of ether oxygens (including phenoxy) is 1. The molecule has 180 valence electrons. The van der Waals surface area contributed by atoms with Gasteiger partial charge in [-0.15, -0.1) is 0 Å². The van der Waals surface area contributed by atoms with E-state index in [0.29, 0.717) is 4.31 Å². The van der Waals surface area contributed by atoms with Crippen LogP contribution in [0.15, 0.2) is 47.4 Å². The van der Waals surface area contributed by atoms with Crippen LogP contribution in [0.1, 0.15) is 0 Å². The van der Waals surface area contributed by atoms with Crippen LogP contribution in [0.4, 0.5) is 33.7 Å². The van der Waals surface area contributed by atoms with Crippen LogP contribution in [0.5, 0.6) is 5.75 Å². The van der Waals surface area contributed by atoms with Crippen LogP contribution in [-0.4, -0.2) is 52.7 Å². The number of nitrogens with one attached hydrogen (secondary N) is 2. The number of carbonyl (C=O) groups is 1. The van der Waals surface area contributed by atoms with Gasteiger partial charge in [0, 0.05) is 12.2 Å². The van der Waals surface area contributed by atoms with Gasteiger partial charge in [-0.25, -0.2) is 30.7 Å².